The molecule has 0 radical (unpaired) electrons. The average Bonchev–Trinajstić information content (AvgIpc) is 2.68. The van der Waals surface area contributed by atoms with Crippen LogP contribution in [0.2, 0.25) is 0 Å². The van der Waals surface area contributed by atoms with E-state index in [1.165, 1.54) is 4.90 Å². The molecule has 0 aromatic carbocycles. The maximum Gasteiger partial charge on any atom is 0.257 e. The minimum Gasteiger partial charge on any atom is -0.374 e. The predicted octanol–water partition coefficient (Wildman–Crippen LogP) is 2.65. The van der Waals surface area contributed by atoms with Crippen molar-refractivity contribution in [1.29, 1.82) is 0 Å². The third kappa shape index (κ3) is 2.07. The summed E-state index contributed by atoms with van der Waals surface area (Å²) >= 11 is 6.37. The zero-order chi connectivity index (χ0) is 15.4. The molecule has 4 nitrogen and oxygen atoms in total. The molecule has 0 aromatic rings. The molecule has 0 spiro atoms. The minimum absolute atomic E-state index is 0.00162. The second kappa shape index (κ2) is 5.34. The van der Waals surface area contributed by atoms with Crippen molar-refractivity contribution in [1.82, 2.24) is 4.90 Å². The van der Waals surface area contributed by atoms with Gasteiger partial charge in [-0.25, -0.2) is 0 Å². The number of ether oxygens (including phenoxy) is 1. The number of carbonyl (C=O) groups is 2. The molecule has 0 aromatic heterocycles. The molecule has 4 aliphatic rings. The highest BCUT2D eigenvalue weighted by atomic mass is 35.5. The van der Waals surface area contributed by atoms with E-state index < -0.39 is 0 Å². The van der Waals surface area contributed by atoms with Crippen LogP contribution in [0.15, 0.2) is 11.1 Å². The number of likely N-dealkylation sites (N-methyl/N-ethyl adjacent to an activating group) is 1. The van der Waals surface area contributed by atoms with Gasteiger partial charge in [0.1, 0.15) is 0 Å². The largest absolute Gasteiger partial charge is 0.374 e. The highest BCUT2D eigenvalue weighted by Crippen LogP contribution is 2.48. The summed E-state index contributed by atoms with van der Waals surface area (Å²) in [7, 11) is 1.61. The fourth-order valence-electron chi connectivity index (χ4n) is 4.77. The fraction of sp³-hybridized carbons (Fsp3) is 0.765. The van der Waals surface area contributed by atoms with Gasteiger partial charge < -0.3 is 4.74 Å². The monoisotopic (exact) mass is 323 g/mol. The summed E-state index contributed by atoms with van der Waals surface area (Å²) in [5.74, 6) is -0.115. The number of nitrogens with zero attached hydrogens (tertiary/aromatic N) is 1. The van der Waals surface area contributed by atoms with E-state index in [1.54, 1.807) is 7.05 Å². The minimum atomic E-state index is -0.115. The number of halogens is 1. The molecule has 2 saturated carbocycles. The van der Waals surface area contributed by atoms with Crippen LogP contribution in [-0.2, 0) is 14.3 Å². The van der Waals surface area contributed by atoms with E-state index in [1.807, 2.05) is 0 Å². The molecule has 5 unspecified atom stereocenters. The number of alkyl halides is 1. The third-order valence-corrected chi connectivity index (χ3v) is 6.27. The quantitative estimate of drug-likeness (QED) is 0.508. The maximum absolute atomic E-state index is 12.7. The molecule has 2 aliphatic heterocycles. The van der Waals surface area contributed by atoms with Crippen molar-refractivity contribution in [2.75, 3.05) is 7.05 Å². The van der Waals surface area contributed by atoms with Crippen LogP contribution in [-0.4, -0.2) is 41.3 Å². The van der Waals surface area contributed by atoms with E-state index in [4.69, 9.17) is 16.3 Å². The topological polar surface area (TPSA) is 46.6 Å². The van der Waals surface area contributed by atoms with E-state index in [2.05, 4.69) is 0 Å². The zero-order valence-corrected chi connectivity index (χ0v) is 13.6. The molecule has 0 N–H and O–H groups in total. The first-order chi connectivity index (χ1) is 10.6. The Morgan fingerprint density at radius 3 is 2.36 bits per heavy atom. The number of imide groups is 1. The Balaban J connectivity index is 1.82. The standard InChI is InChI=1S/C17H22ClNO3/c1-19-16(20)14-10-4-2-3-5-12(10)22-13-7-6-9(18)8-11(13)15(14)17(19)21/h9-13H,2-8H2,1H3. The van der Waals surface area contributed by atoms with E-state index in [0.29, 0.717) is 0 Å². The molecular weight excluding hydrogens is 302 g/mol. The number of carbonyl (C=O) groups excluding carboxylic acids is 2. The lowest BCUT2D eigenvalue weighted by Gasteiger charge is -2.37. The highest BCUT2D eigenvalue weighted by molar-refractivity contribution is 6.21. The Hall–Kier alpha value is -0.870. The summed E-state index contributed by atoms with van der Waals surface area (Å²) in [6, 6.07) is 0. The normalized spacial score (nSPS) is 41.9. The number of amides is 2. The van der Waals surface area contributed by atoms with Crippen LogP contribution >= 0.6 is 11.6 Å². The van der Waals surface area contributed by atoms with Crippen LogP contribution in [0.25, 0.3) is 0 Å². The molecule has 5 atom stereocenters. The SMILES string of the molecule is CN1C(=O)C2=C(C1=O)C1CC(Cl)CCC1OC1CCCCC21. The van der Waals surface area contributed by atoms with Gasteiger partial charge in [0.25, 0.3) is 11.8 Å². The lowest BCUT2D eigenvalue weighted by Crippen LogP contribution is -2.40. The van der Waals surface area contributed by atoms with Gasteiger partial charge in [-0.1, -0.05) is 12.8 Å². The molecule has 2 amide bonds. The van der Waals surface area contributed by atoms with Gasteiger partial charge >= 0.3 is 0 Å². The van der Waals surface area contributed by atoms with Gasteiger partial charge in [-0.05, 0) is 32.1 Å². The smallest absolute Gasteiger partial charge is 0.257 e. The van der Waals surface area contributed by atoms with Crippen molar-refractivity contribution in [3.8, 4) is 0 Å². The van der Waals surface area contributed by atoms with E-state index in [9.17, 15) is 9.59 Å². The van der Waals surface area contributed by atoms with Crippen molar-refractivity contribution < 1.29 is 14.3 Å². The first kappa shape index (κ1) is 14.7. The summed E-state index contributed by atoms with van der Waals surface area (Å²) in [6.07, 6.45) is 6.94. The van der Waals surface area contributed by atoms with Crippen molar-refractivity contribution >= 4 is 23.4 Å². The molecule has 120 valence electrons. The summed E-state index contributed by atoms with van der Waals surface area (Å²) in [4.78, 5) is 26.7. The molecule has 0 bridgehead atoms. The summed E-state index contributed by atoms with van der Waals surface area (Å²) in [5.41, 5.74) is 1.49. The first-order valence-corrected chi connectivity index (χ1v) is 8.87. The van der Waals surface area contributed by atoms with E-state index in [-0.39, 0.29) is 41.2 Å². The third-order valence-electron chi connectivity index (χ3n) is 5.88. The Morgan fingerprint density at radius 1 is 0.955 bits per heavy atom. The predicted molar refractivity (Wildman–Crippen MR) is 82.4 cm³/mol. The van der Waals surface area contributed by atoms with Crippen LogP contribution in [0, 0.1) is 11.8 Å². The Bertz CT molecular complexity index is 558. The van der Waals surface area contributed by atoms with Crippen LogP contribution in [0.5, 0.6) is 0 Å². The summed E-state index contributed by atoms with van der Waals surface area (Å²) < 4.78 is 6.41. The Morgan fingerprint density at radius 2 is 1.59 bits per heavy atom. The van der Waals surface area contributed by atoms with Crippen LogP contribution in [0.1, 0.15) is 44.9 Å². The van der Waals surface area contributed by atoms with Gasteiger partial charge in [-0.2, -0.15) is 0 Å². The first-order valence-electron chi connectivity index (χ1n) is 8.44. The number of hydrogen-bond donors (Lipinski definition) is 0. The average molecular weight is 324 g/mol. The molecule has 4 rings (SSSR count). The van der Waals surface area contributed by atoms with Gasteiger partial charge in [0.15, 0.2) is 0 Å². The van der Waals surface area contributed by atoms with E-state index >= 15 is 0 Å². The Kier molecular flexibility index (Phi) is 3.57. The number of rotatable bonds is 0. The van der Waals surface area contributed by atoms with Crippen LogP contribution in [0.4, 0.5) is 0 Å². The van der Waals surface area contributed by atoms with E-state index in [0.717, 1.165) is 56.1 Å². The number of fused-ring (bicyclic) bond motifs is 4. The molecule has 0 saturated heterocycles. The lowest BCUT2D eigenvalue weighted by molar-refractivity contribution is -0.138. The van der Waals surface area contributed by atoms with Gasteiger partial charge in [-0.3, -0.25) is 14.5 Å². The van der Waals surface area contributed by atoms with Crippen molar-refractivity contribution in [2.45, 2.75) is 62.5 Å². The van der Waals surface area contributed by atoms with Crippen molar-refractivity contribution in [2.24, 2.45) is 11.8 Å². The molecule has 22 heavy (non-hydrogen) atoms. The van der Waals surface area contributed by atoms with Crippen LogP contribution in [0.3, 0.4) is 0 Å². The zero-order valence-electron chi connectivity index (χ0n) is 12.9. The van der Waals surface area contributed by atoms with Crippen molar-refractivity contribution in [3.63, 3.8) is 0 Å². The van der Waals surface area contributed by atoms with Gasteiger partial charge in [0.05, 0.1) is 12.2 Å². The van der Waals surface area contributed by atoms with Crippen molar-refractivity contribution in [3.05, 3.63) is 11.1 Å². The fourth-order valence-corrected chi connectivity index (χ4v) is 5.09. The van der Waals surface area contributed by atoms with Gasteiger partial charge in [0, 0.05) is 35.4 Å². The second-order valence-electron chi connectivity index (χ2n) is 7.12. The van der Waals surface area contributed by atoms with Crippen LogP contribution < -0.4 is 0 Å². The lowest BCUT2D eigenvalue weighted by atomic mass is 9.76. The summed E-state index contributed by atoms with van der Waals surface area (Å²) in [5, 5.41) is 0.0764. The van der Waals surface area contributed by atoms with Gasteiger partial charge in [0.2, 0.25) is 0 Å². The molecule has 5 heteroatoms. The molecule has 2 fully saturated rings. The maximum atomic E-state index is 12.7. The molecule has 2 heterocycles. The Labute approximate surface area is 135 Å². The van der Waals surface area contributed by atoms with Gasteiger partial charge in [-0.15, -0.1) is 11.6 Å². The summed E-state index contributed by atoms with van der Waals surface area (Å²) in [6.45, 7) is 0. The molecular formula is C17H22ClNO3. The molecule has 2 aliphatic carbocycles. The number of hydrogen-bond acceptors (Lipinski definition) is 3. The second-order valence-corrected chi connectivity index (χ2v) is 7.73. The highest BCUT2D eigenvalue weighted by Gasteiger charge is 2.51.